The van der Waals surface area contributed by atoms with Crippen LogP contribution >= 0.6 is 11.8 Å². The molecular formula is C9H13N2O3S. The standard InChI is InChI=1S/C9H13N2O3S/c1-9(6-12,15-5-4-10)11-7(13)2-3-8(11)14/h2-5,10H2,1H3. The van der Waals surface area contributed by atoms with Crippen LogP contribution in [0.1, 0.15) is 19.8 Å². The predicted molar refractivity (Wildman–Crippen MR) is 56.7 cm³/mol. The average Bonchev–Trinajstić information content (AvgIpc) is 2.56. The van der Waals surface area contributed by atoms with Crippen LogP contribution < -0.4 is 5.73 Å². The molecule has 2 N–H and O–H groups in total. The number of carbonyl (C=O) groups excluding carboxylic acids is 3. The van der Waals surface area contributed by atoms with E-state index >= 15 is 0 Å². The van der Waals surface area contributed by atoms with E-state index in [-0.39, 0.29) is 24.7 Å². The van der Waals surface area contributed by atoms with E-state index in [1.807, 2.05) is 0 Å². The molecule has 0 aromatic rings. The van der Waals surface area contributed by atoms with Gasteiger partial charge in [-0.3, -0.25) is 19.3 Å². The lowest BCUT2D eigenvalue weighted by molar-refractivity contribution is -0.140. The van der Waals surface area contributed by atoms with E-state index in [4.69, 9.17) is 5.73 Å². The van der Waals surface area contributed by atoms with Gasteiger partial charge in [0.1, 0.15) is 0 Å². The second-order valence-electron chi connectivity index (χ2n) is 3.34. The molecule has 15 heavy (non-hydrogen) atoms. The molecule has 1 aliphatic heterocycles. The van der Waals surface area contributed by atoms with Crippen molar-refractivity contribution >= 4 is 29.9 Å². The van der Waals surface area contributed by atoms with Gasteiger partial charge in [-0.25, -0.2) is 0 Å². The van der Waals surface area contributed by atoms with Crippen LogP contribution in [0.25, 0.3) is 0 Å². The summed E-state index contributed by atoms with van der Waals surface area (Å²) >= 11 is 1.16. The number of likely N-dealkylation sites (tertiary alicyclic amines) is 1. The summed E-state index contributed by atoms with van der Waals surface area (Å²) in [6, 6.07) is 0. The summed E-state index contributed by atoms with van der Waals surface area (Å²) in [5, 5.41) is 0. The molecule has 0 aromatic heterocycles. The fraction of sp³-hybridized carbons (Fsp3) is 0.667. The van der Waals surface area contributed by atoms with Crippen LogP contribution in [0.4, 0.5) is 0 Å². The molecule has 0 saturated carbocycles. The molecule has 0 bridgehead atoms. The monoisotopic (exact) mass is 229 g/mol. The van der Waals surface area contributed by atoms with Crippen LogP contribution in [0.15, 0.2) is 0 Å². The van der Waals surface area contributed by atoms with E-state index in [0.29, 0.717) is 12.3 Å². The van der Waals surface area contributed by atoms with Crippen molar-refractivity contribution in [1.29, 1.82) is 0 Å². The molecule has 5 nitrogen and oxygen atoms in total. The van der Waals surface area contributed by atoms with Crippen molar-refractivity contribution < 1.29 is 14.4 Å². The second-order valence-corrected chi connectivity index (χ2v) is 4.84. The van der Waals surface area contributed by atoms with Gasteiger partial charge >= 0.3 is 0 Å². The smallest absolute Gasteiger partial charge is 0.237 e. The third-order valence-electron chi connectivity index (χ3n) is 2.17. The summed E-state index contributed by atoms with van der Waals surface area (Å²) in [5.41, 5.74) is 5.32. The van der Waals surface area contributed by atoms with Crippen molar-refractivity contribution in [3.63, 3.8) is 0 Å². The fourth-order valence-corrected chi connectivity index (χ4v) is 2.36. The minimum Gasteiger partial charge on any atom is -0.330 e. The van der Waals surface area contributed by atoms with Crippen LogP contribution in [-0.4, -0.2) is 40.2 Å². The lowest BCUT2D eigenvalue weighted by atomic mass is 10.3. The molecule has 2 amide bonds. The lowest BCUT2D eigenvalue weighted by Crippen LogP contribution is -2.48. The predicted octanol–water partition coefficient (Wildman–Crippen LogP) is -0.347. The Balaban J connectivity index is 2.84. The number of hydrogen-bond donors (Lipinski definition) is 1. The molecule has 6 heteroatoms. The zero-order chi connectivity index (χ0) is 11.5. The van der Waals surface area contributed by atoms with Crippen LogP contribution in [0.3, 0.4) is 0 Å². The Kier molecular flexibility index (Phi) is 3.87. The Hall–Kier alpha value is -0.880. The number of amides is 2. The zero-order valence-corrected chi connectivity index (χ0v) is 9.30. The highest BCUT2D eigenvalue weighted by molar-refractivity contribution is 8.01. The Morgan fingerprint density at radius 1 is 1.47 bits per heavy atom. The number of imide groups is 1. The molecule has 1 atom stereocenters. The Morgan fingerprint density at radius 2 is 2.00 bits per heavy atom. The van der Waals surface area contributed by atoms with E-state index in [0.717, 1.165) is 16.7 Å². The number of nitrogens with zero attached hydrogens (tertiary/aromatic N) is 1. The first kappa shape index (κ1) is 12.2. The van der Waals surface area contributed by atoms with Gasteiger partial charge in [0.2, 0.25) is 18.1 Å². The first-order valence-electron chi connectivity index (χ1n) is 4.64. The Labute approximate surface area is 92.4 Å². The molecule has 1 radical (unpaired) electrons. The molecule has 1 rings (SSSR count). The maximum absolute atomic E-state index is 11.4. The highest BCUT2D eigenvalue weighted by Crippen LogP contribution is 2.31. The minimum absolute atomic E-state index is 0.180. The van der Waals surface area contributed by atoms with Crippen molar-refractivity contribution in [3.8, 4) is 0 Å². The molecule has 1 fully saturated rings. The van der Waals surface area contributed by atoms with Gasteiger partial charge in [0, 0.05) is 25.1 Å². The average molecular weight is 229 g/mol. The molecule has 83 valence electrons. The van der Waals surface area contributed by atoms with Gasteiger partial charge in [0.25, 0.3) is 0 Å². The second kappa shape index (κ2) is 4.76. The highest BCUT2D eigenvalue weighted by atomic mass is 32.2. The maximum Gasteiger partial charge on any atom is 0.237 e. The molecule has 1 unspecified atom stereocenters. The van der Waals surface area contributed by atoms with E-state index < -0.39 is 4.87 Å². The third kappa shape index (κ3) is 2.38. The number of thioether (sulfide) groups is 1. The highest BCUT2D eigenvalue weighted by Gasteiger charge is 2.44. The number of hydrogen-bond acceptors (Lipinski definition) is 5. The number of rotatable bonds is 5. The van der Waals surface area contributed by atoms with Crippen molar-refractivity contribution in [2.75, 3.05) is 12.3 Å². The topological polar surface area (TPSA) is 80.5 Å². The molecule has 1 saturated heterocycles. The van der Waals surface area contributed by atoms with Crippen LogP contribution in [0.2, 0.25) is 0 Å². The molecule has 0 aromatic carbocycles. The Morgan fingerprint density at radius 3 is 2.40 bits per heavy atom. The molecular weight excluding hydrogens is 216 g/mol. The van der Waals surface area contributed by atoms with E-state index in [9.17, 15) is 14.4 Å². The number of nitrogens with two attached hydrogens (primary N) is 1. The van der Waals surface area contributed by atoms with Crippen molar-refractivity contribution in [2.24, 2.45) is 5.73 Å². The van der Waals surface area contributed by atoms with Gasteiger partial charge in [-0.1, -0.05) is 0 Å². The van der Waals surface area contributed by atoms with Crippen LogP contribution in [0.5, 0.6) is 0 Å². The lowest BCUT2D eigenvalue weighted by Gasteiger charge is -2.30. The van der Waals surface area contributed by atoms with Gasteiger partial charge < -0.3 is 5.73 Å². The van der Waals surface area contributed by atoms with E-state index in [2.05, 4.69) is 0 Å². The summed E-state index contributed by atoms with van der Waals surface area (Å²) in [6.45, 7) is 1.90. The summed E-state index contributed by atoms with van der Waals surface area (Å²) in [7, 11) is 0. The first-order valence-corrected chi connectivity index (χ1v) is 5.63. The van der Waals surface area contributed by atoms with Gasteiger partial charge in [-0.2, -0.15) is 0 Å². The largest absolute Gasteiger partial charge is 0.330 e. The molecule has 1 heterocycles. The minimum atomic E-state index is -1.22. The van der Waals surface area contributed by atoms with Crippen molar-refractivity contribution in [2.45, 2.75) is 24.6 Å². The molecule has 0 aliphatic carbocycles. The van der Waals surface area contributed by atoms with Gasteiger partial charge in [-0.15, -0.1) is 11.8 Å². The summed E-state index contributed by atoms with van der Waals surface area (Å²) in [5.74, 6) is -0.117. The van der Waals surface area contributed by atoms with Gasteiger partial charge in [0.15, 0.2) is 4.87 Å². The maximum atomic E-state index is 11.4. The molecule has 0 spiro atoms. The summed E-state index contributed by atoms with van der Waals surface area (Å²) < 4.78 is 0. The summed E-state index contributed by atoms with van der Waals surface area (Å²) in [6.07, 6.45) is 2.12. The normalized spacial score (nSPS) is 20.5. The zero-order valence-electron chi connectivity index (χ0n) is 8.49. The fourth-order valence-electron chi connectivity index (χ4n) is 1.45. The van der Waals surface area contributed by atoms with Gasteiger partial charge in [-0.05, 0) is 6.92 Å². The third-order valence-corrected chi connectivity index (χ3v) is 3.44. The van der Waals surface area contributed by atoms with Crippen LogP contribution in [0, 0.1) is 0 Å². The molecule has 1 aliphatic rings. The first-order chi connectivity index (χ1) is 7.05. The van der Waals surface area contributed by atoms with Crippen molar-refractivity contribution in [1.82, 2.24) is 4.90 Å². The SMILES string of the molecule is CC([C]=O)(SCCN)N1C(=O)CCC1=O. The van der Waals surface area contributed by atoms with Crippen LogP contribution in [-0.2, 0) is 14.4 Å². The summed E-state index contributed by atoms with van der Waals surface area (Å²) in [4.78, 5) is 33.5. The van der Waals surface area contributed by atoms with E-state index in [1.165, 1.54) is 6.92 Å². The number of carbonyl (C=O) groups is 2. The van der Waals surface area contributed by atoms with Crippen molar-refractivity contribution in [3.05, 3.63) is 0 Å². The Bertz CT molecular complexity index is 279. The van der Waals surface area contributed by atoms with E-state index in [1.54, 1.807) is 6.29 Å². The quantitative estimate of drug-likeness (QED) is 0.652. The van der Waals surface area contributed by atoms with Gasteiger partial charge in [0.05, 0.1) is 0 Å².